The van der Waals surface area contributed by atoms with Gasteiger partial charge >= 0.3 is 5.97 Å². The smallest absolute Gasteiger partial charge is 0.347 e. The Balaban J connectivity index is 1.36. The van der Waals surface area contributed by atoms with E-state index in [0.29, 0.717) is 27.7 Å². The normalized spacial score (nSPS) is 13.3. The van der Waals surface area contributed by atoms with Crippen LogP contribution in [0.3, 0.4) is 0 Å². The van der Waals surface area contributed by atoms with Crippen LogP contribution >= 0.6 is 11.3 Å². The molecule has 0 spiro atoms. The maximum Gasteiger partial charge on any atom is 0.347 e. The lowest BCUT2D eigenvalue weighted by Gasteiger charge is -2.20. The summed E-state index contributed by atoms with van der Waals surface area (Å²) < 4.78 is 5.67. The fourth-order valence-corrected chi connectivity index (χ4v) is 4.41. The van der Waals surface area contributed by atoms with Crippen molar-refractivity contribution in [1.82, 2.24) is 4.98 Å². The summed E-state index contributed by atoms with van der Waals surface area (Å²) in [5.41, 5.74) is 1.95. The van der Waals surface area contributed by atoms with Gasteiger partial charge in [-0.25, -0.2) is 9.78 Å². The minimum absolute atomic E-state index is 0.165. The van der Waals surface area contributed by atoms with Crippen LogP contribution in [0.15, 0.2) is 72.1 Å². The van der Waals surface area contributed by atoms with Crippen molar-refractivity contribution in [1.29, 1.82) is 0 Å². The number of ether oxygens (including phenoxy) is 1. The molecule has 0 radical (unpaired) electrons. The Bertz CT molecular complexity index is 1260. The van der Waals surface area contributed by atoms with E-state index in [4.69, 9.17) is 9.72 Å². The van der Waals surface area contributed by atoms with E-state index in [1.54, 1.807) is 30.3 Å². The number of amides is 1. The van der Waals surface area contributed by atoms with Crippen LogP contribution in [0.1, 0.15) is 32.9 Å². The first-order chi connectivity index (χ1) is 15.7. The van der Waals surface area contributed by atoms with Crippen LogP contribution in [0.5, 0.6) is 5.75 Å². The molecule has 0 atom stereocenters. The molecule has 6 nitrogen and oxygen atoms in total. The molecule has 1 amide bonds. The zero-order chi connectivity index (χ0) is 21.9. The Morgan fingerprint density at radius 1 is 0.969 bits per heavy atom. The van der Waals surface area contributed by atoms with Crippen LogP contribution in [0, 0.1) is 0 Å². The number of aromatic nitrogens is 1. The standard InChI is InChI=1S/C25H21N3O3S/c29-24(22-8-5-15-32-22)26-18-9-11-19(12-10-18)31-25(30)20-16-17-6-1-2-7-21(17)27-23(20)28-13-3-4-14-28/h1-2,5-12,15-16H,3-4,13-14H2,(H,26,29). The SMILES string of the molecule is O=C(Nc1ccc(OC(=O)c2cc3ccccc3nc2N2CCCC2)cc1)c1cccs1. The highest BCUT2D eigenvalue weighted by atomic mass is 32.1. The second-order valence-electron chi connectivity index (χ2n) is 7.59. The predicted octanol–water partition coefficient (Wildman–Crippen LogP) is 5.37. The number of pyridine rings is 1. The Labute approximate surface area is 189 Å². The number of para-hydroxylation sites is 1. The minimum atomic E-state index is -0.444. The van der Waals surface area contributed by atoms with E-state index in [1.165, 1.54) is 11.3 Å². The van der Waals surface area contributed by atoms with Crippen molar-refractivity contribution in [3.8, 4) is 5.75 Å². The molecule has 1 N–H and O–H groups in total. The van der Waals surface area contributed by atoms with Gasteiger partial charge in [-0.15, -0.1) is 11.3 Å². The van der Waals surface area contributed by atoms with Gasteiger partial charge in [-0.1, -0.05) is 24.3 Å². The lowest BCUT2D eigenvalue weighted by Crippen LogP contribution is -2.23. The molecule has 0 unspecified atom stereocenters. The lowest BCUT2D eigenvalue weighted by atomic mass is 10.1. The second kappa shape index (κ2) is 8.80. The molecule has 5 rings (SSSR count). The van der Waals surface area contributed by atoms with Gasteiger partial charge in [-0.05, 0) is 60.7 Å². The number of carbonyl (C=O) groups excluding carboxylic acids is 2. The number of hydrogen-bond acceptors (Lipinski definition) is 6. The van der Waals surface area contributed by atoms with Crippen LogP contribution in [-0.4, -0.2) is 29.9 Å². The number of hydrogen-bond donors (Lipinski definition) is 1. The van der Waals surface area contributed by atoms with Crippen LogP contribution < -0.4 is 15.0 Å². The van der Waals surface area contributed by atoms with E-state index >= 15 is 0 Å². The zero-order valence-corrected chi connectivity index (χ0v) is 18.1. The summed E-state index contributed by atoms with van der Waals surface area (Å²) in [6.45, 7) is 1.76. The number of nitrogens with one attached hydrogen (secondary N) is 1. The maximum atomic E-state index is 13.1. The number of nitrogens with zero attached hydrogens (tertiary/aromatic N) is 2. The third-order valence-electron chi connectivity index (χ3n) is 5.40. The summed E-state index contributed by atoms with van der Waals surface area (Å²) in [7, 11) is 0. The number of carbonyl (C=O) groups is 2. The average molecular weight is 444 g/mol. The van der Waals surface area contributed by atoms with Crippen molar-refractivity contribution in [2.75, 3.05) is 23.3 Å². The van der Waals surface area contributed by atoms with Gasteiger partial charge in [0.15, 0.2) is 0 Å². The quantitative estimate of drug-likeness (QED) is 0.332. The van der Waals surface area contributed by atoms with Crippen LogP contribution in [0.25, 0.3) is 10.9 Å². The Morgan fingerprint density at radius 3 is 2.50 bits per heavy atom. The predicted molar refractivity (Wildman–Crippen MR) is 127 cm³/mol. The maximum absolute atomic E-state index is 13.1. The summed E-state index contributed by atoms with van der Waals surface area (Å²) in [6.07, 6.45) is 2.17. The van der Waals surface area contributed by atoms with Crippen molar-refractivity contribution < 1.29 is 14.3 Å². The van der Waals surface area contributed by atoms with E-state index in [1.807, 2.05) is 41.8 Å². The molecule has 2 aromatic carbocycles. The lowest BCUT2D eigenvalue weighted by molar-refractivity contribution is 0.0735. The molecule has 160 valence electrons. The molecule has 0 bridgehead atoms. The largest absolute Gasteiger partial charge is 0.423 e. The van der Waals surface area contributed by atoms with E-state index < -0.39 is 5.97 Å². The van der Waals surface area contributed by atoms with Crippen molar-refractivity contribution in [2.24, 2.45) is 0 Å². The molecule has 1 saturated heterocycles. The topological polar surface area (TPSA) is 71.5 Å². The molecule has 0 aliphatic carbocycles. The monoisotopic (exact) mass is 443 g/mol. The summed E-state index contributed by atoms with van der Waals surface area (Å²) >= 11 is 1.38. The van der Waals surface area contributed by atoms with Gasteiger partial charge in [-0.3, -0.25) is 4.79 Å². The highest BCUT2D eigenvalue weighted by molar-refractivity contribution is 7.12. The molecule has 32 heavy (non-hydrogen) atoms. The molecule has 7 heteroatoms. The van der Waals surface area contributed by atoms with Gasteiger partial charge in [0.1, 0.15) is 17.1 Å². The molecule has 1 aliphatic heterocycles. The first-order valence-electron chi connectivity index (χ1n) is 10.5. The molecule has 1 fully saturated rings. The molecular weight excluding hydrogens is 422 g/mol. The first-order valence-corrected chi connectivity index (χ1v) is 11.4. The summed E-state index contributed by atoms with van der Waals surface area (Å²) in [4.78, 5) is 32.8. The first kappa shape index (κ1) is 20.2. The Hall–Kier alpha value is -3.71. The molecule has 3 heterocycles. The number of rotatable bonds is 5. The average Bonchev–Trinajstić information content (AvgIpc) is 3.54. The number of benzene rings is 2. The zero-order valence-electron chi connectivity index (χ0n) is 17.3. The Morgan fingerprint density at radius 2 is 1.75 bits per heavy atom. The molecule has 0 saturated carbocycles. The molecule has 2 aromatic heterocycles. The summed E-state index contributed by atoms with van der Waals surface area (Å²) in [6, 6.07) is 20.0. The van der Waals surface area contributed by atoms with Gasteiger partial charge in [0.25, 0.3) is 5.91 Å². The fourth-order valence-electron chi connectivity index (χ4n) is 3.79. The number of thiophene rings is 1. The van der Waals surface area contributed by atoms with E-state index in [2.05, 4.69) is 10.2 Å². The van der Waals surface area contributed by atoms with E-state index in [-0.39, 0.29) is 5.91 Å². The number of fused-ring (bicyclic) bond motifs is 1. The van der Waals surface area contributed by atoms with Gasteiger partial charge in [0, 0.05) is 24.2 Å². The summed E-state index contributed by atoms with van der Waals surface area (Å²) in [5, 5.41) is 5.59. The van der Waals surface area contributed by atoms with Crippen molar-refractivity contribution in [3.05, 3.63) is 82.6 Å². The molecule has 4 aromatic rings. The van der Waals surface area contributed by atoms with E-state index in [0.717, 1.165) is 36.8 Å². The summed E-state index contributed by atoms with van der Waals surface area (Å²) in [5.74, 6) is 0.471. The van der Waals surface area contributed by atoms with Crippen molar-refractivity contribution in [3.63, 3.8) is 0 Å². The van der Waals surface area contributed by atoms with Gasteiger partial charge in [-0.2, -0.15) is 0 Å². The van der Waals surface area contributed by atoms with Gasteiger partial charge in [0.2, 0.25) is 0 Å². The number of esters is 1. The third-order valence-corrected chi connectivity index (χ3v) is 6.27. The number of anilines is 2. The van der Waals surface area contributed by atoms with Crippen LogP contribution in [0.2, 0.25) is 0 Å². The molecule has 1 aliphatic rings. The fraction of sp³-hybridized carbons (Fsp3) is 0.160. The van der Waals surface area contributed by atoms with E-state index in [9.17, 15) is 9.59 Å². The second-order valence-corrected chi connectivity index (χ2v) is 8.54. The molecular formula is C25H21N3O3S. The third kappa shape index (κ3) is 4.20. The van der Waals surface area contributed by atoms with Crippen LogP contribution in [-0.2, 0) is 0 Å². The van der Waals surface area contributed by atoms with Crippen LogP contribution in [0.4, 0.5) is 11.5 Å². The van der Waals surface area contributed by atoms with Gasteiger partial charge in [0.05, 0.1) is 10.4 Å². The Kier molecular flexibility index (Phi) is 5.56. The van der Waals surface area contributed by atoms with Crippen molar-refractivity contribution in [2.45, 2.75) is 12.8 Å². The minimum Gasteiger partial charge on any atom is -0.423 e. The van der Waals surface area contributed by atoms with Gasteiger partial charge < -0.3 is 15.0 Å². The highest BCUT2D eigenvalue weighted by Crippen LogP contribution is 2.28. The van der Waals surface area contributed by atoms with Crippen molar-refractivity contribution >= 4 is 45.6 Å². The highest BCUT2D eigenvalue weighted by Gasteiger charge is 2.23.